The molecule has 436 valence electrons. The predicted molar refractivity (Wildman–Crippen MR) is 304 cm³/mol. The Kier molecular flexibility index (Phi) is 19.9. The molecule has 23 heteroatoms. The van der Waals surface area contributed by atoms with Gasteiger partial charge in [0.2, 0.25) is 10.0 Å². The molecule has 0 saturated carbocycles. The number of carbonyl (C=O) groups excluding carboxylic acids is 4. The molecule has 12 nitrogen and oxygen atoms in total. The molecule has 0 spiro atoms. The number of sulfonamides is 1. The molecule has 2 atom stereocenters. The molecular weight excluding hydrogens is 1170 g/mol. The molecule has 0 bridgehead atoms. The van der Waals surface area contributed by atoms with E-state index in [1.165, 1.54) is 86.0 Å². The molecule has 0 aliphatic heterocycles. The Hall–Kier alpha value is -8.79. The van der Waals surface area contributed by atoms with Gasteiger partial charge in [-0.2, -0.15) is 26.3 Å². The molecule has 0 fully saturated rings. The van der Waals surface area contributed by atoms with E-state index in [0.29, 0.717) is 44.5 Å². The van der Waals surface area contributed by atoms with Gasteiger partial charge in [0.15, 0.2) is 0 Å². The maximum Gasteiger partial charge on any atom is 0.416 e. The monoisotopic (exact) mass is 1220 g/mol. The van der Waals surface area contributed by atoms with Gasteiger partial charge in [0.05, 0.1) is 58.5 Å². The number of amides is 2. The highest BCUT2D eigenvalue weighted by molar-refractivity contribution is 7.92. The van der Waals surface area contributed by atoms with Gasteiger partial charge in [0, 0.05) is 18.5 Å². The highest BCUT2D eigenvalue weighted by Crippen LogP contribution is 2.35. The first-order valence-corrected chi connectivity index (χ1v) is 27.5. The fourth-order valence-corrected chi connectivity index (χ4v) is 9.41. The zero-order valence-corrected chi connectivity index (χ0v) is 46.6. The highest BCUT2D eigenvalue weighted by Gasteiger charge is 2.32. The number of halogens is 10. The summed E-state index contributed by atoms with van der Waals surface area (Å²) in [5, 5.41) is 5.17. The van der Waals surface area contributed by atoms with E-state index in [4.69, 9.17) is 38.4 Å². The molecule has 5 N–H and O–H groups in total. The second kappa shape index (κ2) is 26.6. The van der Waals surface area contributed by atoms with Gasteiger partial charge in [-0.05, 0) is 128 Å². The van der Waals surface area contributed by atoms with Crippen molar-refractivity contribution in [2.75, 3.05) is 30.9 Å². The first-order valence-electron chi connectivity index (χ1n) is 24.8. The lowest BCUT2D eigenvalue weighted by molar-refractivity contribution is -0.143. The van der Waals surface area contributed by atoms with E-state index in [1.54, 1.807) is 66.7 Å². The molecule has 0 aliphatic carbocycles. The quantitative estimate of drug-likeness (QED) is 0.0415. The first-order chi connectivity index (χ1) is 39.6. The molecule has 0 saturated heterocycles. The zero-order chi connectivity index (χ0) is 61.3. The van der Waals surface area contributed by atoms with Crippen molar-refractivity contribution in [2.24, 2.45) is 0 Å². The van der Waals surface area contributed by atoms with Gasteiger partial charge >= 0.3 is 24.3 Å². The minimum atomic E-state index is -4.54. The van der Waals surface area contributed by atoms with Gasteiger partial charge in [-0.3, -0.25) is 14.3 Å². The third kappa shape index (κ3) is 16.5. The van der Waals surface area contributed by atoms with Crippen LogP contribution in [0.1, 0.15) is 43.0 Å². The van der Waals surface area contributed by atoms with E-state index in [9.17, 15) is 62.7 Å². The van der Waals surface area contributed by atoms with Crippen LogP contribution >= 0.6 is 23.2 Å². The normalized spacial score (nSPS) is 12.2. The number of nitrogens with one attached hydrogen (secondary N) is 3. The van der Waals surface area contributed by atoms with Gasteiger partial charge in [-0.1, -0.05) is 120 Å². The van der Waals surface area contributed by atoms with Gasteiger partial charge in [-0.25, -0.2) is 26.8 Å². The smallest absolute Gasteiger partial charge is 0.416 e. The van der Waals surface area contributed by atoms with E-state index in [-0.39, 0.29) is 45.4 Å². The molecule has 0 aromatic heterocycles. The van der Waals surface area contributed by atoms with E-state index < -0.39 is 81.0 Å². The second-order valence-corrected chi connectivity index (χ2v) is 21.3. The van der Waals surface area contributed by atoms with Crippen molar-refractivity contribution in [3.05, 3.63) is 225 Å². The van der Waals surface area contributed by atoms with Crippen molar-refractivity contribution in [3.63, 3.8) is 0 Å². The van der Waals surface area contributed by atoms with Crippen LogP contribution in [0.5, 0.6) is 0 Å². The van der Waals surface area contributed by atoms with Gasteiger partial charge in [0.1, 0.15) is 23.7 Å². The number of benzene rings is 8. The summed E-state index contributed by atoms with van der Waals surface area (Å²) in [4.78, 5) is 51.8. The molecule has 0 unspecified atom stereocenters. The van der Waals surface area contributed by atoms with Crippen LogP contribution in [0.4, 0.5) is 46.5 Å². The number of esters is 2. The Morgan fingerprint density at radius 2 is 0.810 bits per heavy atom. The molecule has 2 amide bonds. The molecule has 0 aliphatic rings. The molecule has 8 aromatic rings. The van der Waals surface area contributed by atoms with E-state index in [0.717, 1.165) is 48.8 Å². The van der Waals surface area contributed by atoms with Gasteiger partial charge < -0.3 is 25.8 Å². The lowest BCUT2D eigenvalue weighted by atomic mass is 9.99. The Balaban J connectivity index is 0.000000242. The van der Waals surface area contributed by atoms with E-state index in [1.807, 2.05) is 0 Å². The van der Waals surface area contributed by atoms with Crippen molar-refractivity contribution in [1.29, 1.82) is 0 Å². The standard InChI is InChI=1S/C31H25ClF4N2O5S.C30H23ClF4N2O3/c1-43-30(40)28(15-18-3-5-19(6-4-18)22-9-13-26(33)25(32)17-22)37-29(39)24-16-21(10-14-27(24)38-44(2,41)42)20-7-11-23(12-8-20)31(34,35)36;1-40-29(39)27(14-17-2-4-18(5-3-17)21-8-12-25(32)24(31)16-21)37-28(38)23-15-20(9-13-26(23)36)19-6-10-22(11-7-19)30(33,34)35/h3-14,16-17,28,38H,15H2,1-2H3,(H,37,39);2-13,15-16,27H,14,36H2,1H3,(H,37,38)/t28-;27-/m00/s1. The Bertz CT molecular complexity index is 3830. The number of nitrogens with two attached hydrogens (primary N) is 1. The van der Waals surface area contributed by atoms with Gasteiger partial charge in [-0.15, -0.1) is 0 Å². The molecule has 0 heterocycles. The summed E-state index contributed by atoms with van der Waals surface area (Å²) in [7, 11) is -1.50. The number of alkyl halides is 6. The number of rotatable bonds is 16. The lowest BCUT2D eigenvalue weighted by Crippen LogP contribution is -2.43. The molecule has 0 radical (unpaired) electrons. The van der Waals surface area contributed by atoms with Crippen LogP contribution in [0.25, 0.3) is 44.5 Å². The molecule has 84 heavy (non-hydrogen) atoms. The van der Waals surface area contributed by atoms with Crippen LogP contribution in [0.15, 0.2) is 170 Å². The SMILES string of the molecule is COC(=O)[C@H](Cc1ccc(-c2ccc(F)c(Cl)c2)cc1)NC(=O)c1cc(-c2ccc(C(F)(F)F)cc2)ccc1N.COC(=O)[C@H](Cc1ccc(-c2ccc(F)c(Cl)c2)cc1)NC(=O)c1cc(-c2ccc(C(F)(F)F)cc2)ccc1NS(C)(=O)=O. The van der Waals surface area contributed by atoms with Crippen LogP contribution < -0.4 is 21.1 Å². The van der Waals surface area contributed by atoms with Crippen molar-refractivity contribution in [2.45, 2.75) is 37.3 Å². The summed E-state index contributed by atoms with van der Waals surface area (Å²) >= 11 is 11.8. The Labute approximate surface area is 486 Å². The summed E-state index contributed by atoms with van der Waals surface area (Å²) in [6.45, 7) is 0. The lowest BCUT2D eigenvalue weighted by Gasteiger charge is -2.19. The van der Waals surface area contributed by atoms with Crippen molar-refractivity contribution >= 4 is 68.4 Å². The molecule has 8 rings (SSSR count). The molecule has 8 aromatic carbocycles. The summed E-state index contributed by atoms with van der Waals surface area (Å²) in [5.74, 6) is -4.02. The van der Waals surface area contributed by atoms with Crippen molar-refractivity contribution < 1.29 is 72.2 Å². The zero-order valence-electron chi connectivity index (χ0n) is 44.3. The summed E-state index contributed by atoms with van der Waals surface area (Å²) < 4.78 is 141. The first kappa shape index (κ1) is 62.8. The number of hydrogen-bond donors (Lipinski definition) is 4. The van der Waals surface area contributed by atoms with Crippen LogP contribution in [0, 0.1) is 11.6 Å². The number of carbonyl (C=O) groups is 4. The van der Waals surface area contributed by atoms with E-state index in [2.05, 4.69) is 15.4 Å². The largest absolute Gasteiger partial charge is 0.467 e. The molecular formula is C61H48Cl2F8N4O8S. The average molecular weight is 1220 g/mol. The number of methoxy groups -OCH3 is 2. The number of nitrogen functional groups attached to an aromatic ring is 1. The summed E-state index contributed by atoms with van der Waals surface area (Å²) in [6, 6.07) is 37.7. The van der Waals surface area contributed by atoms with Crippen LogP contribution in [-0.4, -0.2) is 64.7 Å². The third-order valence-electron chi connectivity index (χ3n) is 12.8. The number of anilines is 2. The Morgan fingerprint density at radius 1 is 0.488 bits per heavy atom. The van der Waals surface area contributed by atoms with Crippen LogP contribution in [-0.2, 0) is 54.3 Å². The Morgan fingerprint density at radius 3 is 1.17 bits per heavy atom. The van der Waals surface area contributed by atoms with Crippen LogP contribution in [0.3, 0.4) is 0 Å². The van der Waals surface area contributed by atoms with E-state index >= 15 is 0 Å². The third-order valence-corrected chi connectivity index (χ3v) is 14.0. The average Bonchev–Trinajstić information content (AvgIpc) is 3.42. The van der Waals surface area contributed by atoms with Gasteiger partial charge in [0.25, 0.3) is 11.8 Å². The summed E-state index contributed by atoms with van der Waals surface area (Å²) in [5.41, 5.74) is 10.1. The minimum absolute atomic E-state index is 0.00305. The second-order valence-electron chi connectivity index (χ2n) is 18.7. The van der Waals surface area contributed by atoms with Crippen molar-refractivity contribution in [1.82, 2.24) is 10.6 Å². The minimum Gasteiger partial charge on any atom is -0.467 e. The number of hydrogen-bond acceptors (Lipinski definition) is 9. The maximum atomic E-state index is 13.5. The topological polar surface area (TPSA) is 183 Å². The fraction of sp³-hybridized carbons (Fsp3) is 0.148. The predicted octanol–water partition coefficient (Wildman–Crippen LogP) is 13.6. The van der Waals surface area contributed by atoms with Crippen molar-refractivity contribution in [3.8, 4) is 44.5 Å². The highest BCUT2D eigenvalue weighted by atomic mass is 35.5. The number of ether oxygens (including phenoxy) is 2. The van der Waals surface area contributed by atoms with Crippen LogP contribution in [0.2, 0.25) is 10.0 Å². The maximum absolute atomic E-state index is 13.5. The summed E-state index contributed by atoms with van der Waals surface area (Å²) in [6.07, 6.45) is -8.02. The fourth-order valence-electron chi connectivity index (χ4n) is 8.47.